The summed E-state index contributed by atoms with van der Waals surface area (Å²) in [6.45, 7) is 7.25. The van der Waals surface area contributed by atoms with Crippen molar-refractivity contribution in [2.75, 3.05) is 31.2 Å². The Morgan fingerprint density at radius 2 is 1.62 bits per heavy atom. The van der Waals surface area contributed by atoms with Gasteiger partial charge in [0.05, 0.1) is 17.2 Å². The molecule has 3 aromatic carbocycles. The number of hydrogen-bond acceptors (Lipinski definition) is 7. The van der Waals surface area contributed by atoms with Gasteiger partial charge in [0.15, 0.2) is 0 Å². The van der Waals surface area contributed by atoms with Gasteiger partial charge < -0.3 is 14.7 Å². The van der Waals surface area contributed by atoms with Crippen molar-refractivity contribution in [3.63, 3.8) is 0 Å². The van der Waals surface area contributed by atoms with Gasteiger partial charge in [0.2, 0.25) is 0 Å². The molecule has 1 heterocycles. The predicted molar refractivity (Wildman–Crippen MR) is 147 cm³/mol. The van der Waals surface area contributed by atoms with Crippen LogP contribution < -0.4 is 9.64 Å². The molecule has 0 spiro atoms. The van der Waals surface area contributed by atoms with E-state index in [0.717, 1.165) is 41.0 Å². The van der Waals surface area contributed by atoms with Crippen LogP contribution in [0.1, 0.15) is 19.4 Å². The van der Waals surface area contributed by atoms with Crippen LogP contribution in [0.25, 0.3) is 22.2 Å². The normalized spacial score (nSPS) is 12.4. The van der Waals surface area contributed by atoms with Gasteiger partial charge in [-0.2, -0.15) is 8.42 Å². The Balaban J connectivity index is 1.54. The van der Waals surface area contributed by atoms with Crippen molar-refractivity contribution >= 4 is 26.7 Å². The number of ether oxygens (including phenoxy) is 1. The van der Waals surface area contributed by atoms with E-state index in [0.29, 0.717) is 11.3 Å². The number of fused-ring (bicyclic) bond motifs is 1. The lowest BCUT2D eigenvalue weighted by atomic mass is 10.1. The maximum atomic E-state index is 12.6. The average molecular weight is 521 g/mol. The summed E-state index contributed by atoms with van der Waals surface area (Å²) in [5, 5.41) is 10.7. The molecule has 0 aliphatic heterocycles. The van der Waals surface area contributed by atoms with E-state index >= 15 is 0 Å². The maximum Gasteiger partial charge on any atom is 0.297 e. The van der Waals surface area contributed by atoms with Crippen LogP contribution in [0.15, 0.2) is 83.8 Å². The summed E-state index contributed by atoms with van der Waals surface area (Å²) in [5.41, 5.74) is 4.48. The molecule has 0 aliphatic rings. The van der Waals surface area contributed by atoms with E-state index in [2.05, 4.69) is 30.9 Å². The first-order valence-electron chi connectivity index (χ1n) is 12.3. The molecule has 0 saturated carbocycles. The summed E-state index contributed by atoms with van der Waals surface area (Å²) in [6.07, 6.45) is -0.898. The van der Waals surface area contributed by atoms with E-state index in [1.54, 1.807) is 18.2 Å². The van der Waals surface area contributed by atoms with E-state index < -0.39 is 22.8 Å². The van der Waals surface area contributed by atoms with E-state index in [9.17, 15) is 13.5 Å². The Morgan fingerprint density at radius 3 is 2.27 bits per heavy atom. The molecule has 1 atom stereocenters. The molecule has 1 N–H and O–H groups in total. The number of aliphatic hydroxyl groups is 1. The van der Waals surface area contributed by atoms with Gasteiger partial charge in [0.25, 0.3) is 10.1 Å². The predicted octanol–water partition coefficient (Wildman–Crippen LogP) is 5.20. The Bertz CT molecular complexity index is 1430. The number of nitrogens with zero attached hydrogens (tertiary/aromatic N) is 2. The second-order valence-electron chi connectivity index (χ2n) is 8.72. The first kappa shape index (κ1) is 26.6. The summed E-state index contributed by atoms with van der Waals surface area (Å²) in [6, 6.07) is 24.1. The highest BCUT2D eigenvalue weighted by Crippen LogP contribution is 2.29. The highest BCUT2D eigenvalue weighted by molar-refractivity contribution is 7.86. The molecule has 1 aromatic heterocycles. The van der Waals surface area contributed by atoms with Crippen LogP contribution in [0.2, 0.25) is 0 Å². The van der Waals surface area contributed by atoms with E-state index in [-0.39, 0.29) is 11.5 Å². The first-order valence-corrected chi connectivity index (χ1v) is 13.7. The standard InChI is InChI=1S/C29H32N2O5S/c1-4-31(5-2)24-14-11-22(12-15-24)27-18-13-23-7-6-8-28(29(23)30-27)36-25(19-32)20-35-37(33,34)26-16-9-21(3)10-17-26/h6-18,25,32H,4-5,19-20H2,1-3H3. The van der Waals surface area contributed by atoms with Crippen molar-refractivity contribution in [2.24, 2.45) is 0 Å². The largest absolute Gasteiger partial charge is 0.483 e. The molecule has 0 bridgehead atoms. The molecule has 0 aliphatic carbocycles. The van der Waals surface area contributed by atoms with Crippen LogP contribution in [0.3, 0.4) is 0 Å². The number of aryl methyl sites for hydroxylation is 1. The Hall–Kier alpha value is -3.46. The molecule has 0 amide bonds. The summed E-state index contributed by atoms with van der Waals surface area (Å²) >= 11 is 0. The van der Waals surface area contributed by atoms with Gasteiger partial charge in [0, 0.05) is 29.7 Å². The van der Waals surface area contributed by atoms with Crippen LogP contribution in [0.4, 0.5) is 5.69 Å². The van der Waals surface area contributed by atoms with Crippen LogP contribution in [0, 0.1) is 6.92 Å². The van der Waals surface area contributed by atoms with Gasteiger partial charge in [-0.05, 0) is 57.2 Å². The van der Waals surface area contributed by atoms with Gasteiger partial charge in [-0.25, -0.2) is 4.98 Å². The second kappa shape index (κ2) is 11.7. The van der Waals surface area contributed by atoms with Crippen molar-refractivity contribution in [2.45, 2.75) is 31.8 Å². The van der Waals surface area contributed by atoms with Crippen molar-refractivity contribution in [3.8, 4) is 17.0 Å². The second-order valence-corrected chi connectivity index (χ2v) is 10.3. The molecular weight excluding hydrogens is 488 g/mol. The first-order chi connectivity index (χ1) is 17.8. The molecule has 0 saturated heterocycles. The minimum absolute atomic E-state index is 0.0540. The van der Waals surface area contributed by atoms with E-state index in [4.69, 9.17) is 13.9 Å². The molecular formula is C29H32N2O5S. The van der Waals surface area contributed by atoms with Crippen molar-refractivity contribution in [3.05, 3.63) is 84.4 Å². The van der Waals surface area contributed by atoms with Crippen LogP contribution in [-0.2, 0) is 14.3 Å². The zero-order valence-corrected chi connectivity index (χ0v) is 22.1. The van der Waals surface area contributed by atoms with E-state index in [1.165, 1.54) is 12.1 Å². The minimum atomic E-state index is -3.98. The zero-order valence-electron chi connectivity index (χ0n) is 21.3. The molecule has 7 nitrogen and oxygen atoms in total. The van der Waals surface area contributed by atoms with Crippen molar-refractivity contribution in [1.29, 1.82) is 0 Å². The fraction of sp³-hybridized carbons (Fsp3) is 0.276. The highest BCUT2D eigenvalue weighted by Gasteiger charge is 2.20. The lowest BCUT2D eigenvalue weighted by molar-refractivity contribution is 0.0751. The van der Waals surface area contributed by atoms with Crippen molar-refractivity contribution < 1.29 is 22.4 Å². The number of hydrogen-bond donors (Lipinski definition) is 1. The van der Waals surface area contributed by atoms with Crippen LogP contribution >= 0.6 is 0 Å². The van der Waals surface area contributed by atoms with Gasteiger partial charge >= 0.3 is 0 Å². The molecule has 0 fully saturated rings. The topological polar surface area (TPSA) is 89.0 Å². The lowest BCUT2D eigenvalue weighted by Crippen LogP contribution is -2.28. The maximum absolute atomic E-state index is 12.6. The molecule has 37 heavy (non-hydrogen) atoms. The molecule has 0 radical (unpaired) electrons. The fourth-order valence-electron chi connectivity index (χ4n) is 4.05. The zero-order chi connectivity index (χ0) is 26.4. The number of pyridine rings is 1. The number of aliphatic hydroxyl groups excluding tert-OH is 1. The van der Waals surface area contributed by atoms with Gasteiger partial charge in [0.1, 0.15) is 24.0 Å². The van der Waals surface area contributed by atoms with Gasteiger partial charge in [-0.1, -0.05) is 48.0 Å². The molecule has 4 aromatic rings. The smallest absolute Gasteiger partial charge is 0.297 e. The highest BCUT2D eigenvalue weighted by atomic mass is 32.2. The number of benzene rings is 3. The minimum Gasteiger partial charge on any atom is -0.483 e. The Labute approximate surface area is 218 Å². The summed E-state index contributed by atoms with van der Waals surface area (Å²) in [4.78, 5) is 7.16. The quantitative estimate of drug-likeness (QED) is 0.272. The summed E-state index contributed by atoms with van der Waals surface area (Å²) in [5.74, 6) is 0.439. The molecule has 194 valence electrons. The third kappa shape index (κ3) is 6.28. The van der Waals surface area contributed by atoms with Crippen molar-refractivity contribution in [1.82, 2.24) is 4.98 Å². The number of aromatic nitrogens is 1. The monoisotopic (exact) mass is 520 g/mol. The van der Waals surface area contributed by atoms with Gasteiger partial charge in [-0.3, -0.25) is 4.18 Å². The SMILES string of the molecule is CCN(CC)c1ccc(-c2ccc3cccc(OC(CO)COS(=O)(=O)c4ccc(C)cc4)c3n2)cc1. The third-order valence-electron chi connectivity index (χ3n) is 6.19. The summed E-state index contributed by atoms with van der Waals surface area (Å²) in [7, 11) is -3.98. The summed E-state index contributed by atoms with van der Waals surface area (Å²) < 4.78 is 36.3. The van der Waals surface area contributed by atoms with Gasteiger partial charge in [-0.15, -0.1) is 0 Å². The fourth-order valence-corrected chi connectivity index (χ4v) is 4.99. The molecule has 8 heteroatoms. The van der Waals surface area contributed by atoms with Crippen LogP contribution in [-0.4, -0.2) is 50.9 Å². The third-order valence-corrected chi connectivity index (χ3v) is 7.49. The number of rotatable bonds is 11. The number of para-hydroxylation sites is 1. The van der Waals surface area contributed by atoms with E-state index in [1.807, 2.05) is 43.3 Å². The van der Waals surface area contributed by atoms with Crippen LogP contribution in [0.5, 0.6) is 5.75 Å². The average Bonchev–Trinajstić information content (AvgIpc) is 2.92. The Kier molecular flexibility index (Phi) is 8.43. The molecule has 1 unspecified atom stereocenters. The number of anilines is 1. The Morgan fingerprint density at radius 1 is 0.919 bits per heavy atom. The molecule has 4 rings (SSSR count). The lowest BCUT2D eigenvalue weighted by Gasteiger charge is -2.21.